The van der Waals surface area contributed by atoms with Gasteiger partial charge in [-0.1, -0.05) is 35.9 Å². The number of amides is 1. The first kappa shape index (κ1) is 16.0. The highest BCUT2D eigenvalue weighted by atomic mass is 35.5. The molecular weight excluding hydrogens is 300 g/mol. The SMILES string of the molecule is C/C(=N\NC(=O)COc1cccc(C)c1)c1cccc(Cl)c1. The molecule has 0 atom stereocenters. The third-order valence-electron chi connectivity index (χ3n) is 2.95. The molecule has 1 amide bonds. The van der Waals surface area contributed by atoms with Crippen LogP contribution in [0.5, 0.6) is 5.75 Å². The first-order chi connectivity index (χ1) is 10.5. The number of rotatable bonds is 5. The summed E-state index contributed by atoms with van der Waals surface area (Å²) in [7, 11) is 0. The van der Waals surface area contributed by atoms with Crippen LogP contribution in [-0.4, -0.2) is 18.2 Å². The highest BCUT2D eigenvalue weighted by Crippen LogP contribution is 2.12. The molecule has 1 N–H and O–H groups in total. The molecule has 0 heterocycles. The summed E-state index contributed by atoms with van der Waals surface area (Å²) in [4.78, 5) is 11.7. The number of hydrazone groups is 1. The Bertz CT molecular complexity index is 699. The molecule has 0 aliphatic carbocycles. The minimum atomic E-state index is -0.317. The van der Waals surface area contributed by atoms with Gasteiger partial charge in [0.25, 0.3) is 5.91 Å². The molecule has 0 saturated carbocycles. The average Bonchev–Trinajstić information content (AvgIpc) is 2.50. The molecule has 0 aliphatic rings. The van der Waals surface area contributed by atoms with Crippen LogP contribution in [0.15, 0.2) is 53.6 Å². The fourth-order valence-electron chi connectivity index (χ4n) is 1.81. The number of hydrogen-bond acceptors (Lipinski definition) is 3. The van der Waals surface area contributed by atoms with Crippen LogP contribution >= 0.6 is 11.6 Å². The highest BCUT2D eigenvalue weighted by molar-refractivity contribution is 6.31. The smallest absolute Gasteiger partial charge is 0.277 e. The Kier molecular flexibility index (Phi) is 5.55. The molecule has 5 heteroatoms. The van der Waals surface area contributed by atoms with E-state index in [-0.39, 0.29) is 12.5 Å². The summed E-state index contributed by atoms with van der Waals surface area (Å²) in [6, 6.07) is 14.8. The summed E-state index contributed by atoms with van der Waals surface area (Å²) in [6.45, 7) is 3.68. The van der Waals surface area contributed by atoms with Gasteiger partial charge in [0.2, 0.25) is 0 Å². The molecule has 0 aromatic heterocycles. The zero-order valence-corrected chi connectivity index (χ0v) is 13.2. The van der Waals surface area contributed by atoms with Gasteiger partial charge in [-0.25, -0.2) is 5.43 Å². The van der Waals surface area contributed by atoms with Gasteiger partial charge in [-0.3, -0.25) is 4.79 Å². The van der Waals surface area contributed by atoms with Crippen molar-refractivity contribution in [2.45, 2.75) is 13.8 Å². The maximum Gasteiger partial charge on any atom is 0.277 e. The molecule has 0 radical (unpaired) electrons. The molecule has 0 saturated heterocycles. The number of nitrogens with zero attached hydrogens (tertiary/aromatic N) is 1. The van der Waals surface area contributed by atoms with Gasteiger partial charge in [-0.05, 0) is 49.2 Å². The van der Waals surface area contributed by atoms with Crippen LogP contribution in [0.4, 0.5) is 0 Å². The molecule has 2 rings (SSSR count). The van der Waals surface area contributed by atoms with Gasteiger partial charge in [0.05, 0.1) is 5.71 Å². The summed E-state index contributed by atoms with van der Waals surface area (Å²) in [5, 5.41) is 4.67. The molecule has 0 bridgehead atoms. The zero-order valence-electron chi connectivity index (χ0n) is 12.5. The number of aryl methyl sites for hydroxylation is 1. The zero-order chi connectivity index (χ0) is 15.9. The van der Waals surface area contributed by atoms with Crippen molar-refractivity contribution < 1.29 is 9.53 Å². The topological polar surface area (TPSA) is 50.7 Å². The van der Waals surface area contributed by atoms with Gasteiger partial charge in [0.15, 0.2) is 6.61 Å². The third kappa shape index (κ3) is 4.90. The van der Waals surface area contributed by atoms with Crippen molar-refractivity contribution in [3.05, 3.63) is 64.7 Å². The van der Waals surface area contributed by atoms with Crippen molar-refractivity contribution in [3.63, 3.8) is 0 Å². The number of hydrogen-bond donors (Lipinski definition) is 1. The summed E-state index contributed by atoms with van der Waals surface area (Å²) < 4.78 is 5.40. The van der Waals surface area contributed by atoms with Crippen LogP contribution in [0.2, 0.25) is 5.02 Å². The normalized spacial score (nSPS) is 11.1. The molecule has 0 fully saturated rings. The lowest BCUT2D eigenvalue weighted by molar-refractivity contribution is -0.123. The maximum atomic E-state index is 11.7. The lowest BCUT2D eigenvalue weighted by Crippen LogP contribution is -2.25. The summed E-state index contributed by atoms with van der Waals surface area (Å²) >= 11 is 5.92. The second kappa shape index (κ2) is 7.61. The standard InChI is InChI=1S/C17H17ClN2O2/c1-12-5-3-8-16(9-12)22-11-17(21)20-19-13(2)14-6-4-7-15(18)10-14/h3-10H,11H2,1-2H3,(H,20,21)/b19-13+. The van der Waals surface area contributed by atoms with E-state index in [4.69, 9.17) is 16.3 Å². The Labute approximate surface area is 134 Å². The molecule has 114 valence electrons. The quantitative estimate of drug-likeness (QED) is 0.677. The molecule has 22 heavy (non-hydrogen) atoms. The molecule has 4 nitrogen and oxygen atoms in total. The predicted octanol–water partition coefficient (Wildman–Crippen LogP) is 3.57. The van der Waals surface area contributed by atoms with Gasteiger partial charge < -0.3 is 4.74 Å². The van der Waals surface area contributed by atoms with Gasteiger partial charge >= 0.3 is 0 Å². The number of halogens is 1. The van der Waals surface area contributed by atoms with Crippen LogP contribution < -0.4 is 10.2 Å². The summed E-state index contributed by atoms with van der Waals surface area (Å²) in [5.41, 5.74) is 5.07. The van der Waals surface area contributed by atoms with Crippen LogP contribution in [0, 0.1) is 6.92 Å². The molecule has 0 spiro atoms. The van der Waals surface area contributed by atoms with E-state index in [1.807, 2.05) is 37.3 Å². The van der Waals surface area contributed by atoms with E-state index in [1.54, 1.807) is 25.1 Å². The van der Waals surface area contributed by atoms with Crippen LogP contribution in [-0.2, 0) is 4.79 Å². The van der Waals surface area contributed by atoms with Crippen LogP contribution in [0.3, 0.4) is 0 Å². The Balaban J connectivity index is 1.88. The van der Waals surface area contributed by atoms with Crippen molar-refractivity contribution in [2.75, 3.05) is 6.61 Å². The minimum Gasteiger partial charge on any atom is -0.484 e. The molecule has 2 aromatic carbocycles. The highest BCUT2D eigenvalue weighted by Gasteiger charge is 2.03. The van der Waals surface area contributed by atoms with Crippen LogP contribution in [0.25, 0.3) is 0 Å². The third-order valence-corrected chi connectivity index (χ3v) is 3.19. The van der Waals surface area contributed by atoms with E-state index in [2.05, 4.69) is 10.5 Å². The molecular formula is C17H17ClN2O2. The van der Waals surface area contributed by atoms with Crippen molar-refractivity contribution in [3.8, 4) is 5.75 Å². The first-order valence-electron chi connectivity index (χ1n) is 6.83. The van der Waals surface area contributed by atoms with E-state index in [0.29, 0.717) is 16.5 Å². The van der Waals surface area contributed by atoms with E-state index in [9.17, 15) is 4.79 Å². The van der Waals surface area contributed by atoms with Gasteiger partial charge in [0, 0.05) is 5.02 Å². The van der Waals surface area contributed by atoms with Crippen LogP contribution in [0.1, 0.15) is 18.1 Å². The van der Waals surface area contributed by atoms with Gasteiger partial charge in [-0.15, -0.1) is 0 Å². The average molecular weight is 317 g/mol. The monoisotopic (exact) mass is 316 g/mol. The second-order valence-electron chi connectivity index (χ2n) is 4.85. The lowest BCUT2D eigenvalue weighted by Gasteiger charge is -2.06. The first-order valence-corrected chi connectivity index (χ1v) is 7.21. The summed E-state index contributed by atoms with van der Waals surface area (Å²) in [6.07, 6.45) is 0. The summed E-state index contributed by atoms with van der Waals surface area (Å²) in [5.74, 6) is 0.341. The second-order valence-corrected chi connectivity index (χ2v) is 5.28. The number of benzene rings is 2. The number of nitrogens with one attached hydrogen (secondary N) is 1. The molecule has 2 aromatic rings. The Morgan fingerprint density at radius 3 is 2.73 bits per heavy atom. The Morgan fingerprint density at radius 1 is 1.23 bits per heavy atom. The fraction of sp³-hybridized carbons (Fsp3) is 0.176. The number of ether oxygens (including phenoxy) is 1. The Morgan fingerprint density at radius 2 is 2.00 bits per heavy atom. The Hall–Kier alpha value is -2.33. The largest absolute Gasteiger partial charge is 0.484 e. The lowest BCUT2D eigenvalue weighted by atomic mass is 10.1. The van der Waals surface area contributed by atoms with Gasteiger partial charge in [-0.2, -0.15) is 5.10 Å². The van der Waals surface area contributed by atoms with Crippen molar-refractivity contribution >= 4 is 23.2 Å². The van der Waals surface area contributed by atoms with E-state index >= 15 is 0 Å². The number of carbonyl (C=O) groups excluding carboxylic acids is 1. The predicted molar refractivity (Wildman–Crippen MR) is 88.5 cm³/mol. The van der Waals surface area contributed by atoms with Gasteiger partial charge in [0.1, 0.15) is 5.75 Å². The number of carbonyl (C=O) groups is 1. The van der Waals surface area contributed by atoms with E-state index in [0.717, 1.165) is 11.1 Å². The minimum absolute atomic E-state index is 0.0875. The van der Waals surface area contributed by atoms with Crippen molar-refractivity contribution in [1.82, 2.24) is 5.43 Å². The van der Waals surface area contributed by atoms with Crippen molar-refractivity contribution in [2.24, 2.45) is 5.10 Å². The maximum absolute atomic E-state index is 11.7. The molecule has 0 unspecified atom stereocenters. The fourth-order valence-corrected chi connectivity index (χ4v) is 2.00. The molecule has 0 aliphatic heterocycles. The van der Waals surface area contributed by atoms with E-state index in [1.165, 1.54) is 0 Å². The van der Waals surface area contributed by atoms with Crippen molar-refractivity contribution in [1.29, 1.82) is 0 Å². The van der Waals surface area contributed by atoms with E-state index < -0.39 is 0 Å².